The molecule has 128 valence electrons. The molecule has 0 heterocycles. The Morgan fingerprint density at radius 2 is 1.75 bits per heavy atom. The van der Waals surface area contributed by atoms with E-state index in [1.807, 2.05) is 42.5 Å². The van der Waals surface area contributed by atoms with Gasteiger partial charge in [-0.25, -0.2) is 4.79 Å². The molecule has 2 aromatic carbocycles. The van der Waals surface area contributed by atoms with Crippen molar-refractivity contribution in [2.24, 2.45) is 0 Å². The Labute approximate surface area is 143 Å². The highest BCUT2D eigenvalue weighted by atomic mass is 16.7. The van der Waals surface area contributed by atoms with E-state index < -0.39 is 11.6 Å². The molecule has 0 saturated carbocycles. The fraction of sp³-hybridized carbons (Fsp3) is 0.350. The Morgan fingerprint density at radius 1 is 1.08 bits per heavy atom. The maximum Gasteiger partial charge on any atom is 0.511 e. The lowest BCUT2D eigenvalue weighted by atomic mass is 9.76. The topological polar surface area (TPSA) is 55.8 Å². The number of unbranched alkanes of at least 4 members (excludes halogenated alkanes) is 1. The van der Waals surface area contributed by atoms with Gasteiger partial charge >= 0.3 is 6.16 Å². The summed E-state index contributed by atoms with van der Waals surface area (Å²) in [5, 5.41) is 9.02. The van der Waals surface area contributed by atoms with E-state index in [0.29, 0.717) is 19.0 Å². The third-order valence-corrected chi connectivity index (χ3v) is 4.12. The first-order chi connectivity index (χ1) is 11.6. The summed E-state index contributed by atoms with van der Waals surface area (Å²) in [5.74, 6) is 0.343. The summed E-state index contributed by atoms with van der Waals surface area (Å²) in [6.07, 6.45) is 0.753. The Hall–Kier alpha value is -2.33. The van der Waals surface area contributed by atoms with Gasteiger partial charge in [-0.1, -0.05) is 61.9 Å². The standard InChI is InChI=1S/C20H24O4/c1-3-4-14-23-15-20(2,16-10-6-5-7-11-16)17-12-8-9-13-18(17)24-19(21)22/h5-13H,3-4,14-15H2,1-2H3,(H,21,22). The van der Waals surface area contributed by atoms with Crippen molar-refractivity contribution in [1.29, 1.82) is 0 Å². The number of hydrogen-bond donors (Lipinski definition) is 1. The number of hydrogen-bond acceptors (Lipinski definition) is 3. The summed E-state index contributed by atoms with van der Waals surface area (Å²) in [6, 6.07) is 17.2. The first-order valence-corrected chi connectivity index (χ1v) is 8.21. The molecule has 0 radical (unpaired) electrons. The summed E-state index contributed by atoms with van der Waals surface area (Å²) in [4.78, 5) is 11.0. The zero-order chi connectivity index (χ0) is 17.4. The summed E-state index contributed by atoms with van der Waals surface area (Å²) in [7, 11) is 0. The summed E-state index contributed by atoms with van der Waals surface area (Å²) in [6.45, 7) is 5.31. The molecule has 4 nitrogen and oxygen atoms in total. The molecule has 2 aromatic rings. The summed E-state index contributed by atoms with van der Waals surface area (Å²) < 4.78 is 10.9. The van der Waals surface area contributed by atoms with Crippen molar-refractivity contribution in [3.63, 3.8) is 0 Å². The fourth-order valence-electron chi connectivity index (χ4n) is 2.75. The lowest BCUT2D eigenvalue weighted by Gasteiger charge is -2.32. The molecule has 0 aliphatic heterocycles. The van der Waals surface area contributed by atoms with Gasteiger partial charge in [-0.05, 0) is 25.0 Å². The van der Waals surface area contributed by atoms with Crippen molar-refractivity contribution in [2.45, 2.75) is 32.1 Å². The van der Waals surface area contributed by atoms with Gasteiger partial charge in [-0.2, -0.15) is 0 Å². The fourth-order valence-corrected chi connectivity index (χ4v) is 2.75. The summed E-state index contributed by atoms with van der Waals surface area (Å²) in [5.41, 5.74) is 1.36. The number of ether oxygens (including phenoxy) is 2. The molecule has 4 heteroatoms. The first-order valence-electron chi connectivity index (χ1n) is 8.21. The Morgan fingerprint density at radius 3 is 2.42 bits per heavy atom. The quantitative estimate of drug-likeness (QED) is 0.427. The van der Waals surface area contributed by atoms with Crippen LogP contribution in [0.3, 0.4) is 0 Å². The van der Waals surface area contributed by atoms with E-state index in [9.17, 15) is 4.79 Å². The van der Waals surface area contributed by atoms with Gasteiger partial charge in [0.25, 0.3) is 0 Å². The number of carbonyl (C=O) groups is 1. The molecule has 0 aliphatic rings. The van der Waals surface area contributed by atoms with Crippen LogP contribution in [-0.2, 0) is 10.2 Å². The minimum Gasteiger partial charge on any atom is -0.449 e. The zero-order valence-corrected chi connectivity index (χ0v) is 14.2. The molecule has 0 spiro atoms. The van der Waals surface area contributed by atoms with Crippen LogP contribution in [0.5, 0.6) is 5.75 Å². The Bertz CT molecular complexity index is 654. The highest BCUT2D eigenvalue weighted by Crippen LogP contribution is 2.38. The molecule has 0 amide bonds. The van der Waals surface area contributed by atoms with E-state index in [0.717, 1.165) is 24.0 Å². The van der Waals surface area contributed by atoms with Crippen LogP contribution < -0.4 is 4.74 Å². The van der Waals surface area contributed by atoms with Gasteiger partial charge in [0.2, 0.25) is 0 Å². The molecular weight excluding hydrogens is 304 g/mol. The second kappa shape index (κ2) is 8.50. The van der Waals surface area contributed by atoms with Crippen LogP contribution in [0.25, 0.3) is 0 Å². The maximum atomic E-state index is 11.0. The lowest BCUT2D eigenvalue weighted by molar-refractivity contribution is 0.0973. The molecule has 0 aromatic heterocycles. The first kappa shape index (κ1) is 18.0. The molecule has 1 N–H and O–H groups in total. The third-order valence-electron chi connectivity index (χ3n) is 4.12. The smallest absolute Gasteiger partial charge is 0.449 e. The van der Waals surface area contributed by atoms with Gasteiger partial charge in [0.1, 0.15) is 5.75 Å². The van der Waals surface area contributed by atoms with Gasteiger partial charge in [0.05, 0.1) is 6.61 Å². The molecule has 2 rings (SSSR count). The molecule has 0 saturated heterocycles. The highest BCUT2D eigenvalue weighted by Gasteiger charge is 2.32. The lowest BCUT2D eigenvalue weighted by Crippen LogP contribution is -2.31. The zero-order valence-electron chi connectivity index (χ0n) is 14.2. The monoisotopic (exact) mass is 328 g/mol. The van der Waals surface area contributed by atoms with Crippen LogP contribution >= 0.6 is 0 Å². The number of para-hydroxylation sites is 1. The molecule has 0 aliphatic carbocycles. The van der Waals surface area contributed by atoms with Crippen LogP contribution in [0, 0.1) is 0 Å². The minimum absolute atomic E-state index is 0.343. The van der Waals surface area contributed by atoms with Crippen molar-refractivity contribution < 1.29 is 19.4 Å². The van der Waals surface area contributed by atoms with E-state index in [4.69, 9.17) is 14.6 Å². The number of rotatable bonds is 8. The highest BCUT2D eigenvalue weighted by molar-refractivity contribution is 5.63. The van der Waals surface area contributed by atoms with Gasteiger partial charge in [0, 0.05) is 17.6 Å². The van der Waals surface area contributed by atoms with Gasteiger partial charge < -0.3 is 14.6 Å². The third kappa shape index (κ3) is 4.36. The van der Waals surface area contributed by atoms with E-state index in [2.05, 4.69) is 13.8 Å². The predicted octanol–water partition coefficient (Wildman–Crippen LogP) is 4.87. The molecule has 1 atom stereocenters. The minimum atomic E-state index is -1.32. The van der Waals surface area contributed by atoms with Crippen LogP contribution in [0.1, 0.15) is 37.8 Å². The molecule has 0 bridgehead atoms. The van der Waals surface area contributed by atoms with Crippen molar-refractivity contribution in [3.8, 4) is 5.75 Å². The van der Waals surface area contributed by atoms with E-state index in [1.165, 1.54) is 0 Å². The largest absolute Gasteiger partial charge is 0.511 e. The van der Waals surface area contributed by atoms with Crippen molar-refractivity contribution in [1.82, 2.24) is 0 Å². The molecular formula is C20H24O4. The molecule has 24 heavy (non-hydrogen) atoms. The maximum absolute atomic E-state index is 11.0. The normalized spacial score (nSPS) is 13.2. The molecule has 0 fully saturated rings. The van der Waals surface area contributed by atoms with Crippen LogP contribution in [0.2, 0.25) is 0 Å². The summed E-state index contributed by atoms with van der Waals surface area (Å²) >= 11 is 0. The van der Waals surface area contributed by atoms with Crippen molar-refractivity contribution in [3.05, 3.63) is 65.7 Å². The average molecular weight is 328 g/mol. The van der Waals surface area contributed by atoms with E-state index >= 15 is 0 Å². The van der Waals surface area contributed by atoms with E-state index in [-0.39, 0.29) is 0 Å². The van der Waals surface area contributed by atoms with Crippen molar-refractivity contribution >= 4 is 6.16 Å². The number of benzene rings is 2. The van der Waals surface area contributed by atoms with E-state index in [1.54, 1.807) is 12.1 Å². The Balaban J connectivity index is 2.41. The van der Waals surface area contributed by atoms with Gasteiger partial charge in [-0.3, -0.25) is 0 Å². The predicted molar refractivity (Wildman–Crippen MR) is 93.7 cm³/mol. The van der Waals surface area contributed by atoms with Crippen LogP contribution in [0.4, 0.5) is 4.79 Å². The van der Waals surface area contributed by atoms with Crippen LogP contribution in [-0.4, -0.2) is 24.5 Å². The average Bonchev–Trinajstić information content (AvgIpc) is 2.59. The second-order valence-corrected chi connectivity index (χ2v) is 5.97. The second-order valence-electron chi connectivity index (χ2n) is 5.97. The van der Waals surface area contributed by atoms with Gasteiger partial charge in [0.15, 0.2) is 0 Å². The SMILES string of the molecule is CCCCOCC(C)(c1ccccc1)c1ccccc1OC(=O)O. The van der Waals surface area contributed by atoms with Crippen molar-refractivity contribution in [2.75, 3.05) is 13.2 Å². The van der Waals surface area contributed by atoms with Crippen LogP contribution in [0.15, 0.2) is 54.6 Å². The van der Waals surface area contributed by atoms with Gasteiger partial charge in [-0.15, -0.1) is 0 Å². The Kier molecular flexibility index (Phi) is 6.38. The molecule has 1 unspecified atom stereocenters. The number of carboxylic acid groups (broad SMARTS) is 1.